The van der Waals surface area contributed by atoms with Gasteiger partial charge < -0.3 is 5.32 Å². The molecule has 0 saturated heterocycles. The Labute approximate surface area is 99.3 Å². The largest absolute Gasteiger partial charge is 0.417 e. The summed E-state index contributed by atoms with van der Waals surface area (Å²) in [5.74, 6) is 0.455. The molecule has 1 unspecified atom stereocenters. The average Bonchev–Trinajstić information content (AvgIpc) is 2.24. The van der Waals surface area contributed by atoms with E-state index in [1.807, 2.05) is 0 Å². The molecule has 0 saturated carbocycles. The highest BCUT2D eigenvalue weighted by molar-refractivity contribution is 5.18. The van der Waals surface area contributed by atoms with Gasteiger partial charge in [-0.3, -0.25) is 4.98 Å². The van der Waals surface area contributed by atoms with Gasteiger partial charge in [-0.05, 0) is 31.5 Å². The van der Waals surface area contributed by atoms with Crippen LogP contribution < -0.4 is 5.32 Å². The summed E-state index contributed by atoms with van der Waals surface area (Å²) in [5, 5.41) is 3.06. The molecule has 0 aliphatic rings. The maximum atomic E-state index is 12.4. The Hall–Kier alpha value is -1.10. The van der Waals surface area contributed by atoms with Crippen molar-refractivity contribution in [2.24, 2.45) is 5.92 Å². The molecule has 0 fully saturated rings. The first-order valence-electron chi connectivity index (χ1n) is 5.55. The van der Waals surface area contributed by atoms with Crippen LogP contribution in [0.4, 0.5) is 13.2 Å². The van der Waals surface area contributed by atoms with Crippen LogP contribution in [0.15, 0.2) is 18.3 Å². The molecule has 1 atom stereocenters. The van der Waals surface area contributed by atoms with E-state index >= 15 is 0 Å². The van der Waals surface area contributed by atoms with Crippen LogP contribution in [0.1, 0.15) is 37.6 Å². The molecule has 0 spiro atoms. The van der Waals surface area contributed by atoms with Crippen molar-refractivity contribution < 1.29 is 13.2 Å². The average molecular weight is 246 g/mol. The molecule has 0 bridgehead atoms. The van der Waals surface area contributed by atoms with Gasteiger partial charge >= 0.3 is 6.18 Å². The van der Waals surface area contributed by atoms with Gasteiger partial charge in [0.1, 0.15) is 0 Å². The molecule has 17 heavy (non-hydrogen) atoms. The number of alkyl halides is 3. The Bertz CT molecular complexity index is 344. The summed E-state index contributed by atoms with van der Waals surface area (Å²) in [6.45, 7) is 4.13. The van der Waals surface area contributed by atoms with Gasteiger partial charge in [0.15, 0.2) is 0 Å². The van der Waals surface area contributed by atoms with Gasteiger partial charge in [0.05, 0.1) is 11.3 Å². The molecule has 96 valence electrons. The lowest BCUT2D eigenvalue weighted by molar-refractivity contribution is -0.137. The third-order valence-corrected chi connectivity index (χ3v) is 2.53. The van der Waals surface area contributed by atoms with Gasteiger partial charge in [-0.1, -0.05) is 13.8 Å². The van der Waals surface area contributed by atoms with Crippen molar-refractivity contribution in [3.05, 3.63) is 29.6 Å². The van der Waals surface area contributed by atoms with E-state index in [-0.39, 0.29) is 6.04 Å². The predicted molar refractivity (Wildman–Crippen MR) is 60.5 cm³/mol. The zero-order chi connectivity index (χ0) is 13.1. The van der Waals surface area contributed by atoms with E-state index < -0.39 is 11.7 Å². The molecular formula is C12H17F3N2. The normalized spacial score (nSPS) is 14.1. The van der Waals surface area contributed by atoms with E-state index in [0.29, 0.717) is 11.6 Å². The minimum Gasteiger partial charge on any atom is -0.312 e. The molecule has 0 aliphatic carbocycles. The summed E-state index contributed by atoms with van der Waals surface area (Å²) in [4.78, 5) is 3.89. The van der Waals surface area contributed by atoms with Crippen molar-refractivity contribution in [1.29, 1.82) is 0 Å². The van der Waals surface area contributed by atoms with Crippen molar-refractivity contribution in [2.75, 3.05) is 7.05 Å². The van der Waals surface area contributed by atoms with Crippen LogP contribution in [0.3, 0.4) is 0 Å². The number of rotatable bonds is 4. The zero-order valence-electron chi connectivity index (χ0n) is 10.2. The SMILES string of the molecule is CNC(CC(C)C)c1ccc(C(F)(F)F)cn1. The van der Waals surface area contributed by atoms with Crippen molar-refractivity contribution in [2.45, 2.75) is 32.5 Å². The third kappa shape index (κ3) is 4.00. The zero-order valence-corrected chi connectivity index (χ0v) is 10.2. The van der Waals surface area contributed by atoms with Crippen molar-refractivity contribution in [3.63, 3.8) is 0 Å². The second kappa shape index (κ2) is 5.49. The molecule has 1 heterocycles. The molecule has 1 aromatic heterocycles. The Kier molecular flexibility index (Phi) is 4.51. The van der Waals surface area contributed by atoms with Gasteiger partial charge in [-0.15, -0.1) is 0 Å². The van der Waals surface area contributed by atoms with Crippen LogP contribution in [0.5, 0.6) is 0 Å². The van der Waals surface area contributed by atoms with Gasteiger partial charge in [0.25, 0.3) is 0 Å². The van der Waals surface area contributed by atoms with E-state index in [2.05, 4.69) is 24.1 Å². The summed E-state index contributed by atoms with van der Waals surface area (Å²) in [7, 11) is 1.78. The van der Waals surface area contributed by atoms with Gasteiger partial charge in [0, 0.05) is 12.2 Å². The van der Waals surface area contributed by atoms with Crippen LogP contribution in [-0.2, 0) is 6.18 Å². The smallest absolute Gasteiger partial charge is 0.312 e. The Balaban J connectivity index is 2.85. The summed E-state index contributed by atoms with van der Waals surface area (Å²) in [5.41, 5.74) is -0.0603. The molecule has 2 nitrogen and oxygen atoms in total. The fourth-order valence-electron chi connectivity index (χ4n) is 1.64. The summed E-state index contributed by atoms with van der Waals surface area (Å²) < 4.78 is 37.1. The fraction of sp³-hybridized carbons (Fsp3) is 0.583. The fourth-order valence-corrected chi connectivity index (χ4v) is 1.64. The maximum absolute atomic E-state index is 12.4. The Morgan fingerprint density at radius 2 is 1.94 bits per heavy atom. The minimum atomic E-state index is -4.32. The van der Waals surface area contributed by atoms with Crippen molar-refractivity contribution in [3.8, 4) is 0 Å². The monoisotopic (exact) mass is 246 g/mol. The highest BCUT2D eigenvalue weighted by Gasteiger charge is 2.30. The number of hydrogen-bond donors (Lipinski definition) is 1. The molecule has 1 rings (SSSR count). The van der Waals surface area contributed by atoms with Crippen LogP contribution in [0.25, 0.3) is 0 Å². The number of halogens is 3. The second-order valence-corrected chi connectivity index (χ2v) is 4.44. The lowest BCUT2D eigenvalue weighted by Crippen LogP contribution is -2.20. The first kappa shape index (κ1) is 14.0. The quantitative estimate of drug-likeness (QED) is 0.880. The first-order chi connectivity index (χ1) is 7.84. The van der Waals surface area contributed by atoms with Crippen molar-refractivity contribution in [1.82, 2.24) is 10.3 Å². The van der Waals surface area contributed by atoms with E-state index in [1.165, 1.54) is 6.07 Å². The molecule has 0 aliphatic heterocycles. The molecule has 0 radical (unpaired) electrons. The van der Waals surface area contributed by atoms with Crippen LogP contribution in [0, 0.1) is 5.92 Å². The van der Waals surface area contributed by atoms with Gasteiger partial charge in [0.2, 0.25) is 0 Å². The summed E-state index contributed by atoms with van der Waals surface area (Å²) in [6.07, 6.45) is -2.59. The Morgan fingerprint density at radius 3 is 2.29 bits per heavy atom. The standard InChI is InChI=1S/C12H17F3N2/c1-8(2)6-11(16-3)10-5-4-9(7-17-10)12(13,14)15/h4-5,7-8,11,16H,6H2,1-3H3. The molecule has 0 amide bonds. The topological polar surface area (TPSA) is 24.9 Å². The number of nitrogens with one attached hydrogen (secondary N) is 1. The highest BCUT2D eigenvalue weighted by atomic mass is 19.4. The molecular weight excluding hydrogens is 229 g/mol. The van der Waals surface area contributed by atoms with E-state index in [1.54, 1.807) is 7.05 Å². The lowest BCUT2D eigenvalue weighted by atomic mass is 10.0. The van der Waals surface area contributed by atoms with Gasteiger partial charge in [-0.2, -0.15) is 13.2 Å². The molecule has 0 aromatic carbocycles. The van der Waals surface area contributed by atoms with Crippen LogP contribution in [0.2, 0.25) is 0 Å². The third-order valence-electron chi connectivity index (χ3n) is 2.53. The molecule has 1 N–H and O–H groups in total. The van der Waals surface area contributed by atoms with Crippen LogP contribution >= 0.6 is 0 Å². The maximum Gasteiger partial charge on any atom is 0.417 e. The minimum absolute atomic E-state index is 0.00252. The van der Waals surface area contributed by atoms with Crippen LogP contribution in [-0.4, -0.2) is 12.0 Å². The van der Waals surface area contributed by atoms with E-state index in [0.717, 1.165) is 18.7 Å². The lowest BCUT2D eigenvalue weighted by Gasteiger charge is -2.18. The number of pyridine rings is 1. The van der Waals surface area contributed by atoms with Gasteiger partial charge in [-0.25, -0.2) is 0 Å². The number of hydrogen-bond acceptors (Lipinski definition) is 2. The summed E-state index contributed by atoms with van der Waals surface area (Å²) >= 11 is 0. The number of nitrogens with zero attached hydrogens (tertiary/aromatic N) is 1. The highest BCUT2D eigenvalue weighted by Crippen LogP contribution is 2.29. The first-order valence-corrected chi connectivity index (χ1v) is 5.55. The van der Waals surface area contributed by atoms with E-state index in [9.17, 15) is 13.2 Å². The van der Waals surface area contributed by atoms with Crippen molar-refractivity contribution >= 4 is 0 Å². The Morgan fingerprint density at radius 1 is 1.29 bits per heavy atom. The number of aromatic nitrogens is 1. The molecule has 5 heteroatoms. The second-order valence-electron chi connectivity index (χ2n) is 4.44. The summed E-state index contributed by atoms with van der Waals surface area (Å²) in [6, 6.07) is 2.51. The molecule has 1 aromatic rings. The van der Waals surface area contributed by atoms with E-state index in [4.69, 9.17) is 0 Å². The predicted octanol–water partition coefficient (Wildman–Crippen LogP) is 3.41.